The van der Waals surface area contributed by atoms with Gasteiger partial charge < -0.3 is 14.8 Å². The Morgan fingerprint density at radius 2 is 1.71 bits per heavy atom. The highest BCUT2D eigenvalue weighted by atomic mass is 16.5. The van der Waals surface area contributed by atoms with Crippen molar-refractivity contribution in [1.82, 2.24) is 0 Å². The molecule has 6 heteroatoms. The number of benzene rings is 2. The molecule has 1 atom stereocenters. The zero-order chi connectivity index (χ0) is 20.9. The number of carbonyl (C=O) groups is 2. The summed E-state index contributed by atoms with van der Waals surface area (Å²) in [6.45, 7) is 8.09. The summed E-state index contributed by atoms with van der Waals surface area (Å²) in [6.07, 6.45) is -1.12. The van der Waals surface area contributed by atoms with Crippen LogP contribution in [-0.4, -0.2) is 32.3 Å². The van der Waals surface area contributed by atoms with Crippen LogP contribution in [0.5, 0.6) is 5.75 Å². The number of anilines is 2. The molecule has 2 aromatic rings. The quantitative estimate of drug-likeness (QED) is 0.818. The molecule has 0 bridgehead atoms. The second kappa shape index (κ2) is 8.78. The molecule has 2 aromatic carbocycles. The molecule has 1 unspecified atom stereocenters. The molecule has 150 valence electrons. The predicted molar refractivity (Wildman–Crippen MR) is 111 cm³/mol. The molecule has 6 nitrogen and oxygen atoms in total. The monoisotopic (exact) mass is 384 g/mol. The molecule has 0 aromatic heterocycles. The van der Waals surface area contributed by atoms with Gasteiger partial charge in [0.15, 0.2) is 6.10 Å². The number of carbonyl (C=O) groups excluding carboxylic acids is 2. The molecule has 0 saturated carbocycles. The summed E-state index contributed by atoms with van der Waals surface area (Å²) in [5, 5.41) is 2.82. The van der Waals surface area contributed by atoms with Crippen molar-refractivity contribution in [2.24, 2.45) is 0 Å². The number of rotatable bonds is 5. The molecule has 0 aliphatic heterocycles. The Morgan fingerprint density at radius 1 is 1.07 bits per heavy atom. The fraction of sp³-hybridized carbons (Fsp3) is 0.364. The van der Waals surface area contributed by atoms with Crippen molar-refractivity contribution in [3.05, 3.63) is 54.1 Å². The highest BCUT2D eigenvalue weighted by Gasteiger charge is 2.18. The summed E-state index contributed by atoms with van der Waals surface area (Å²) in [4.78, 5) is 25.4. The molecule has 0 fully saturated rings. The van der Waals surface area contributed by atoms with Gasteiger partial charge in [-0.2, -0.15) is 0 Å². The molecule has 2 amide bonds. The standard InChI is InChI=1S/C22H28N2O4/c1-15(28-19-9-7-8-16(14-19)22(2,3)4)20(25)23-17-10-12-18(13-11-17)24(5)21(26)27-6/h7-15H,1-6H3,(H,23,25). The molecule has 2 rings (SSSR count). The summed E-state index contributed by atoms with van der Waals surface area (Å²) in [7, 11) is 2.94. The van der Waals surface area contributed by atoms with E-state index in [1.165, 1.54) is 12.0 Å². The van der Waals surface area contributed by atoms with E-state index in [4.69, 9.17) is 4.74 Å². The van der Waals surface area contributed by atoms with Crippen molar-refractivity contribution in [1.29, 1.82) is 0 Å². The van der Waals surface area contributed by atoms with Gasteiger partial charge in [0.25, 0.3) is 5.91 Å². The van der Waals surface area contributed by atoms with Crippen molar-refractivity contribution in [2.75, 3.05) is 24.4 Å². The van der Waals surface area contributed by atoms with Crippen molar-refractivity contribution in [3.63, 3.8) is 0 Å². The summed E-state index contributed by atoms with van der Waals surface area (Å²) < 4.78 is 10.5. The SMILES string of the molecule is COC(=O)N(C)c1ccc(NC(=O)C(C)Oc2cccc(C(C)(C)C)c2)cc1. The summed E-state index contributed by atoms with van der Waals surface area (Å²) in [5.41, 5.74) is 2.42. The van der Waals surface area contributed by atoms with E-state index in [-0.39, 0.29) is 11.3 Å². The van der Waals surface area contributed by atoms with Gasteiger partial charge in [-0.05, 0) is 54.3 Å². The van der Waals surface area contributed by atoms with Crippen LogP contribution in [0.1, 0.15) is 33.3 Å². The van der Waals surface area contributed by atoms with Gasteiger partial charge in [0, 0.05) is 18.4 Å². The lowest BCUT2D eigenvalue weighted by Crippen LogP contribution is -2.30. The van der Waals surface area contributed by atoms with Crippen LogP contribution < -0.4 is 15.0 Å². The predicted octanol–water partition coefficient (Wildman–Crippen LogP) is 4.59. The van der Waals surface area contributed by atoms with E-state index in [1.54, 1.807) is 38.2 Å². The highest BCUT2D eigenvalue weighted by molar-refractivity contribution is 5.94. The van der Waals surface area contributed by atoms with Crippen LogP contribution in [0.25, 0.3) is 0 Å². The van der Waals surface area contributed by atoms with Gasteiger partial charge in [-0.15, -0.1) is 0 Å². The Kier molecular flexibility index (Phi) is 6.67. The number of hydrogen-bond donors (Lipinski definition) is 1. The fourth-order valence-electron chi connectivity index (χ4n) is 2.55. The number of amides is 2. The summed E-state index contributed by atoms with van der Waals surface area (Å²) >= 11 is 0. The van der Waals surface area contributed by atoms with E-state index in [9.17, 15) is 9.59 Å². The summed E-state index contributed by atoms with van der Waals surface area (Å²) in [5.74, 6) is 0.403. The van der Waals surface area contributed by atoms with Crippen LogP contribution >= 0.6 is 0 Å². The smallest absolute Gasteiger partial charge is 0.413 e. The Hall–Kier alpha value is -3.02. The van der Waals surface area contributed by atoms with Gasteiger partial charge in [-0.3, -0.25) is 9.69 Å². The number of methoxy groups -OCH3 is 1. The van der Waals surface area contributed by atoms with Crippen LogP contribution in [0.3, 0.4) is 0 Å². The molecular weight excluding hydrogens is 356 g/mol. The average molecular weight is 384 g/mol. The first kappa shape index (κ1) is 21.3. The van der Waals surface area contributed by atoms with E-state index < -0.39 is 12.2 Å². The Labute approximate surface area is 166 Å². The maximum absolute atomic E-state index is 12.5. The van der Waals surface area contributed by atoms with Crippen LogP contribution in [0.2, 0.25) is 0 Å². The minimum atomic E-state index is -0.660. The first-order valence-electron chi connectivity index (χ1n) is 9.11. The highest BCUT2D eigenvalue weighted by Crippen LogP contribution is 2.26. The molecule has 0 saturated heterocycles. The van der Waals surface area contributed by atoms with Gasteiger partial charge >= 0.3 is 6.09 Å². The minimum Gasteiger partial charge on any atom is -0.481 e. The van der Waals surface area contributed by atoms with Gasteiger partial charge in [0.1, 0.15) is 5.75 Å². The average Bonchev–Trinajstić information content (AvgIpc) is 2.66. The molecule has 28 heavy (non-hydrogen) atoms. The molecule has 0 radical (unpaired) electrons. The third-order valence-electron chi connectivity index (χ3n) is 4.35. The fourth-order valence-corrected chi connectivity index (χ4v) is 2.55. The lowest BCUT2D eigenvalue weighted by Gasteiger charge is -2.21. The van der Waals surface area contributed by atoms with Crippen molar-refractivity contribution in [2.45, 2.75) is 39.2 Å². The van der Waals surface area contributed by atoms with Crippen molar-refractivity contribution < 1.29 is 19.1 Å². The normalized spacial score (nSPS) is 12.1. The molecule has 0 spiro atoms. The van der Waals surface area contributed by atoms with Gasteiger partial charge in [-0.25, -0.2) is 4.79 Å². The lowest BCUT2D eigenvalue weighted by molar-refractivity contribution is -0.122. The maximum atomic E-state index is 12.5. The summed E-state index contributed by atoms with van der Waals surface area (Å²) in [6, 6.07) is 14.7. The van der Waals surface area contributed by atoms with E-state index in [2.05, 4.69) is 30.8 Å². The molecule has 0 aliphatic rings. The van der Waals surface area contributed by atoms with Gasteiger partial charge in [-0.1, -0.05) is 32.9 Å². The van der Waals surface area contributed by atoms with Crippen molar-refractivity contribution in [3.8, 4) is 5.75 Å². The maximum Gasteiger partial charge on any atom is 0.413 e. The van der Waals surface area contributed by atoms with Crippen LogP contribution in [-0.2, 0) is 14.9 Å². The number of nitrogens with zero attached hydrogens (tertiary/aromatic N) is 1. The minimum absolute atomic E-state index is 0.00394. The van der Waals surface area contributed by atoms with Crippen LogP contribution in [0.15, 0.2) is 48.5 Å². The number of ether oxygens (including phenoxy) is 2. The number of nitrogens with one attached hydrogen (secondary N) is 1. The second-order valence-electron chi connectivity index (χ2n) is 7.60. The third kappa shape index (κ3) is 5.49. The van der Waals surface area contributed by atoms with Gasteiger partial charge in [0.2, 0.25) is 0 Å². The zero-order valence-corrected chi connectivity index (χ0v) is 17.3. The van der Waals surface area contributed by atoms with E-state index in [0.29, 0.717) is 17.1 Å². The molecule has 1 N–H and O–H groups in total. The largest absolute Gasteiger partial charge is 0.481 e. The molecule has 0 aliphatic carbocycles. The van der Waals surface area contributed by atoms with E-state index in [1.807, 2.05) is 24.3 Å². The van der Waals surface area contributed by atoms with E-state index in [0.717, 1.165) is 5.56 Å². The molecular formula is C22H28N2O4. The first-order valence-corrected chi connectivity index (χ1v) is 9.11. The Balaban J connectivity index is 2.00. The third-order valence-corrected chi connectivity index (χ3v) is 4.35. The second-order valence-corrected chi connectivity index (χ2v) is 7.60. The Bertz CT molecular complexity index is 825. The molecule has 0 heterocycles. The Morgan fingerprint density at radius 3 is 2.29 bits per heavy atom. The lowest BCUT2D eigenvalue weighted by atomic mass is 9.87. The van der Waals surface area contributed by atoms with Crippen molar-refractivity contribution >= 4 is 23.4 Å². The first-order chi connectivity index (χ1) is 13.1. The van der Waals surface area contributed by atoms with Crippen LogP contribution in [0, 0.1) is 0 Å². The van der Waals surface area contributed by atoms with Crippen LogP contribution in [0.4, 0.5) is 16.2 Å². The van der Waals surface area contributed by atoms with Gasteiger partial charge in [0.05, 0.1) is 7.11 Å². The number of hydrogen-bond acceptors (Lipinski definition) is 4. The zero-order valence-electron chi connectivity index (χ0n) is 17.3. The topological polar surface area (TPSA) is 67.9 Å². The van der Waals surface area contributed by atoms with E-state index >= 15 is 0 Å².